The van der Waals surface area contributed by atoms with Crippen LogP contribution in [0.15, 0.2) is 78.9 Å². The number of anilines is 2. The van der Waals surface area contributed by atoms with Gasteiger partial charge in [0.25, 0.3) is 5.91 Å². The summed E-state index contributed by atoms with van der Waals surface area (Å²) in [5.74, 6) is -2.07. The highest BCUT2D eigenvalue weighted by Crippen LogP contribution is 2.47. The Bertz CT molecular complexity index is 1210. The fourth-order valence-corrected chi connectivity index (χ4v) is 4.34. The van der Waals surface area contributed by atoms with Crippen molar-refractivity contribution in [3.05, 3.63) is 90.0 Å². The van der Waals surface area contributed by atoms with E-state index in [4.69, 9.17) is 9.57 Å². The molecule has 1 N–H and O–H groups in total. The molecule has 166 valence electrons. The van der Waals surface area contributed by atoms with Crippen molar-refractivity contribution < 1.29 is 29.1 Å². The van der Waals surface area contributed by atoms with Gasteiger partial charge in [-0.2, -0.15) is 0 Å². The summed E-state index contributed by atoms with van der Waals surface area (Å²) in [7, 11) is 1.28. The maximum atomic E-state index is 13.6. The molecule has 2 saturated heterocycles. The summed E-state index contributed by atoms with van der Waals surface area (Å²) < 4.78 is 4.70. The highest BCUT2D eigenvalue weighted by molar-refractivity contribution is 6.24. The van der Waals surface area contributed by atoms with Gasteiger partial charge in [0.2, 0.25) is 5.91 Å². The van der Waals surface area contributed by atoms with E-state index in [0.29, 0.717) is 16.9 Å². The van der Waals surface area contributed by atoms with Crippen LogP contribution in [0.3, 0.4) is 0 Å². The smallest absolute Gasteiger partial charge is 0.337 e. The number of hydroxylamine groups is 1. The number of carbonyl (C=O) groups excluding carboxylic acids is 3. The number of phenolic OH excluding ortho intramolecular Hbond substituents is 1. The standard InChI is InChI=1S/C25H20N2O6/c1-32-25(31)16-7-11-17(12-8-16)26-23(29)20-21(15-9-13-19(28)14-10-15)27(33-22(20)24(26)30)18-5-3-2-4-6-18/h2-14,20-22,28H,1H3/t20-,21-,22+/m0/s1. The molecule has 0 aliphatic carbocycles. The number of imide groups is 1. The zero-order valence-electron chi connectivity index (χ0n) is 17.6. The van der Waals surface area contributed by atoms with E-state index in [2.05, 4.69) is 0 Å². The molecule has 2 aliphatic heterocycles. The van der Waals surface area contributed by atoms with Gasteiger partial charge in [-0.3, -0.25) is 14.4 Å². The number of carbonyl (C=O) groups is 3. The van der Waals surface area contributed by atoms with Crippen molar-refractivity contribution in [3.63, 3.8) is 0 Å². The van der Waals surface area contributed by atoms with Crippen molar-refractivity contribution in [2.24, 2.45) is 5.92 Å². The number of phenols is 1. The first-order valence-electron chi connectivity index (χ1n) is 10.4. The first-order valence-corrected chi connectivity index (χ1v) is 10.4. The summed E-state index contributed by atoms with van der Waals surface area (Å²) in [6.45, 7) is 0. The van der Waals surface area contributed by atoms with E-state index >= 15 is 0 Å². The van der Waals surface area contributed by atoms with E-state index in [1.165, 1.54) is 43.5 Å². The largest absolute Gasteiger partial charge is 0.508 e. The van der Waals surface area contributed by atoms with Crippen molar-refractivity contribution in [1.29, 1.82) is 0 Å². The van der Waals surface area contributed by atoms with Crippen molar-refractivity contribution in [3.8, 4) is 5.75 Å². The summed E-state index contributed by atoms with van der Waals surface area (Å²) >= 11 is 0. The lowest BCUT2D eigenvalue weighted by molar-refractivity contribution is -0.126. The maximum Gasteiger partial charge on any atom is 0.337 e. The SMILES string of the molecule is COC(=O)c1ccc(N2C(=O)[C@@H]3[C@@H](ON(c4ccccc4)[C@H]3c3ccc(O)cc3)C2=O)cc1. The number of hydrogen-bond donors (Lipinski definition) is 1. The molecular formula is C25H20N2O6. The van der Waals surface area contributed by atoms with Crippen LogP contribution in [0.1, 0.15) is 22.0 Å². The fourth-order valence-electron chi connectivity index (χ4n) is 4.34. The number of fused-ring (bicyclic) bond motifs is 1. The number of nitrogens with zero attached hydrogens (tertiary/aromatic N) is 2. The average Bonchev–Trinajstić information content (AvgIpc) is 3.36. The molecule has 2 aliphatic rings. The van der Waals surface area contributed by atoms with Gasteiger partial charge in [-0.05, 0) is 54.1 Å². The molecule has 2 fully saturated rings. The third-order valence-electron chi connectivity index (χ3n) is 5.91. The van der Waals surface area contributed by atoms with Gasteiger partial charge in [-0.15, -0.1) is 0 Å². The number of esters is 1. The van der Waals surface area contributed by atoms with Gasteiger partial charge >= 0.3 is 5.97 Å². The topological polar surface area (TPSA) is 96.4 Å². The molecule has 0 radical (unpaired) electrons. The highest BCUT2D eigenvalue weighted by Gasteiger charge is 2.60. The molecule has 3 aromatic rings. The lowest BCUT2D eigenvalue weighted by atomic mass is 9.90. The summed E-state index contributed by atoms with van der Waals surface area (Å²) in [6, 6.07) is 21.3. The molecule has 3 aromatic carbocycles. The van der Waals surface area contributed by atoms with Crippen LogP contribution in [0.25, 0.3) is 0 Å². The molecule has 0 unspecified atom stereocenters. The number of aromatic hydroxyl groups is 1. The van der Waals surface area contributed by atoms with Gasteiger partial charge in [0.05, 0.1) is 30.1 Å². The Kier molecular flexibility index (Phi) is 5.07. The van der Waals surface area contributed by atoms with Crippen molar-refractivity contribution in [1.82, 2.24) is 0 Å². The Labute approximate surface area is 189 Å². The van der Waals surface area contributed by atoms with Gasteiger partial charge < -0.3 is 9.84 Å². The van der Waals surface area contributed by atoms with Crippen molar-refractivity contribution in [2.75, 3.05) is 17.1 Å². The number of ether oxygens (including phenoxy) is 1. The lowest BCUT2D eigenvalue weighted by Crippen LogP contribution is -2.37. The van der Waals surface area contributed by atoms with Crippen LogP contribution in [0, 0.1) is 5.92 Å². The molecule has 0 saturated carbocycles. The first-order chi connectivity index (χ1) is 16.0. The Morgan fingerprint density at radius 3 is 2.18 bits per heavy atom. The number of rotatable bonds is 4. The van der Waals surface area contributed by atoms with E-state index in [1.807, 2.05) is 30.3 Å². The molecule has 0 bridgehead atoms. The van der Waals surface area contributed by atoms with Crippen LogP contribution in [0.2, 0.25) is 0 Å². The zero-order valence-corrected chi connectivity index (χ0v) is 17.6. The van der Waals surface area contributed by atoms with Crippen LogP contribution < -0.4 is 9.96 Å². The van der Waals surface area contributed by atoms with E-state index in [-0.39, 0.29) is 5.75 Å². The van der Waals surface area contributed by atoms with Crippen LogP contribution in [-0.2, 0) is 19.2 Å². The molecular weight excluding hydrogens is 424 g/mol. The second-order valence-electron chi connectivity index (χ2n) is 7.80. The van der Waals surface area contributed by atoms with E-state index in [1.54, 1.807) is 17.2 Å². The first kappa shape index (κ1) is 20.7. The number of amides is 2. The minimum atomic E-state index is -1.00. The van der Waals surface area contributed by atoms with E-state index in [0.717, 1.165) is 10.5 Å². The van der Waals surface area contributed by atoms with Crippen molar-refractivity contribution in [2.45, 2.75) is 12.1 Å². The van der Waals surface area contributed by atoms with Crippen LogP contribution >= 0.6 is 0 Å². The second-order valence-corrected chi connectivity index (χ2v) is 7.80. The highest BCUT2D eigenvalue weighted by atomic mass is 16.7. The van der Waals surface area contributed by atoms with Crippen LogP contribution in [-0.4, -0.2) is 36.1 Å². The lowest BCUT2D eigenvalue weighted by Gasteiger charge is -2.28. The molecule has 0 aromatic heterocycles. The maximum absolute atomic E-state index is 13.6. The summed E-state index contributed by atoms with van der Waals surface area (Å²) in [6.07, 6.45) is -1.00. The molecule has 2 heterocycles. The van der Waals surface area contributed by atoms with Gasteiger partial charge in [0, 0.05) is 0 Å². The van der Waals surface area contributed by atoms with Crippen molar-refractivity contribution >= 4 is 29.2 Å². The number of methoxy groups -OCH3 is 1. The quantitative estimate of drug-likeness (QED) is 0.488. The Morgan fingerprint density at radius 2 is 1.55 bits per heavy atom. The third-order valence-corrected chi connectivity index (χ3v) is 5.91. The molecule has 2 amide bonds. The fraction of sp³-hybridized carbons (Fsp3) is 0.160. The average molecular weight is 444 g/mol. The molecule has 33 heavy (non-hydrogen) atoms. The normalized spacial score (nSPS) is 21.9. The summed E-state index contributed by atoms with van der Waals surface area (Å²) in [5.41, 5.74) is 2.10. The third kappa shape index (κ3) is 3.41. The molecule has 8 nitrogen and oxygen atoms in total. The predicted molar refractivity (Wildman–Crippen MR) is 118 cm³/mol. The summed E-state index contributed by atoms with van der Waals surface area (Å²) in [4.78, 5) is 45.7. The number of hydrogen-bond acceptors (Lipinski definition) is 7. The molecule has 0 spiro atoms. The van der Waals surface area contributed by atoms with Gasteiger partial charge in [0.15, 0.2) is 6.10 Å². The molecule has 5 rings (SSSR count). The number of para-hydroxylation sites is 1. The zero-order chi connectivity index (χ0) is 23.1. The Balaban J connectivity index is 1.53. The molecule has 8 heteroatoms. The summed E-state index contributed by atoms with van der Waals surface area (Å²) in [5, 5.41) is 11.3. The monoisotopic (exact) mass is 444 g/mol. The minimum absolute atomic E-state index is 0.0987. The van der Waals surface area contributed by atoms with Gasteiger partial charge in [-0.1, -0.05) is 30.3 Å². The Hall–Kier alpha value is -4.17. The Morgan fingerprint density at radius 1 is 0.879 bits per heavy atom. The second kappa shape index (κ2) is 8.07. The van der Waals surface area contributed by atoms with Gasteiger partial charge in [-0.25, -0.2) is 14.8 Å². The minimum Gasteiger partial charge on any atom is -0.508 e. The number of benzene rings is 3. The van der Waals surface area contributed by atoms with E-state index in [9.17, 15) is 19.5 Å². The van der Waals surface area contributed by atoms with Gasteiger partial charge in [0.1, 0.15) is 11.7 Å². The van der Waals surface area contributed by atoms with E-state index < -0.39 is 35.8 Å². The van der Waals surface area contributed by atoms with Crippen LogP contribution in [0.5, 0.6) is 5.75 Å². The predicted octanol–water partition coefficient (Wildman–Crippen LogP) is 3.23. The molecule has 3 atom stereocenters. The van der Waals surface area contributed by atoms with Crippen LogP contribution in [0.4, 0.5) is 11.4 Å².